The second kappa shape index (κ2) is 6.06. The molecule has 0 aliphatic rings. The number of pyridine rings is 1. The molecule has 3 rings (SSSR count). The Balaban J connectivity index is 1.71. The first kappa shape index (κ1) is 13.1. The van der Waals surface area contributed by atoms with Gasteiger partial charge in [0.25, 0.3) is 0 Å². The maximum Gasteiger partial charge on any atom is 0.149 e. The van der Waals surface area contributed by atoms with Crippen molar-refractivity contribution in [1.82, 2.24) is 4.98 Å². The van der Waals surface area contributed by atoms with Crippen molar-refractivity contribution >= 4 is 10.9 Å². The summed E-state index contributed by atoms with van der Waals surface area (Å²) in [4.78, 5) is 4.31. The van der Waals surface area contributed by atoms with E-state index in [0.717, 1.165) is 16.5 Å². The molecule has 21 heavy (non-hydrogen) atoms. The Morgan fingerprint density at radius 2 is 1.81 bits per heavy atom. The van der Waals surface area contributed by atoms with Crippen LogP contribution in [0.15, 0.2) is 60.8 Å². The number of aromatic nitrogens is 1. The summed E-state index contributed by atoms with van der Waals surface area (Å²) in [7, 11) is 0. The topological polar surface area (TPSA) is 22.1 Å². The van der Waals surface area contributed by atoms with Crippen molar-refractivity contribution in [2.24, 2.45) is 0 Å². The maximum absolute atomic E-state index is 12.8. The van der Waals surface area contributed by atoms with Gasteiger partial charge in [0.2, 0.25) is 0 Å². The van der Waals surface area contributed by atoms with Crippen LogP contribution in [-0.2, 0) is 0 Å². The fourth-order valence-electron chi connectivity index (χ4n) is 1.98. The molecule has 0 atom stereocenters. The molecule has 0 fully saturated rings. The molecule has 0 unspecified atom stereocenters. The van der Waals surface area contributed by atoms with E-state index in [4.69, 9.17) is 4.74 Å². The Morgan fingerprint density at radius 3 is 2.67 bits per heavy atom. The van der Waals surface area contributed by atoms with Gasteiger partial charge in [-0.25, -0.2) is 4.39 Å². The van der Waals surface area contributed by atoms with Crippen molar-refractivity contribution in [3.05, 3.63) is 72.2 Å². The van der Waals surface area contributed by atoms with E-state index in [9.17, 15) is 4.39 Å². The van der Waals surface area contributed by atoms with Crippen LogP contribution in [0.5, 0.6) is 5.75 Å². The average Bonchev–Trinajstić information content (AvgIpc) is 2.53. The van der Waals surface area contributed by atoms with Crippen molar-refractivity contribution in [3.8, 4) is 17.6 Å². The number of nitrogens with zero attached hydrogens (tertiary/aromatic N) is 1. The molecule has 2 aromatic carbocycles. The summed E-state index contributed by atoms with van der Waals surface area (Å²) in [6.07, 6.45) is 1.74. The molecule has 0 spiro atoms. The molecule has 2 nitrogen and oxygen atoms in total. The first-order valence-electron chi connectivity index (χ1n) is 6.54. The first-order valence-corrected chi connectivity index (χ1v) is 6.54. The van der Waals surface area contributed by atoms with Gasteiger partial charge in [0.15, 0.2) is 0 Å². The fourth-order valence-corrected chi connectivity index (χ4v) is 1.98. The normalized spacial score (nSPS) is 9.95. The van der Waals surface area contributed by atoms with Gasteiger partial charge in [0.1, 0.15) is 23.7 Å². The lowest BCUT2D eigenvalue weighted by molar-refractivity contribution is 0.374. The van der Waals surface area contributed by atoms with Crippen LogP contribution in [0.25, 0.3) is 10.9 Å². The van der Waals surface area contributed by atoms with E-state index < -0.39 is 0 Å². The summed E-state index contributed by atoms with van der Waals surface area (Å²) >= 11 is 0. The van der Waals surface area contributed by atoms with Crippen LogP contribution in [0.3, 0.4) is 0 Å². The molecular weight excluding hydrogens is 265 g/mol. The van der Waals surface area contributed by atoms with Crippen LogP contribution in [-0.4, -0.2) is 11.6 Å². The average molecular weight is 277 g/mol. The van der Waals surface area contributed by atoms with Gasteiger partial charge in [-0.3, -0.25) is 4.98 Å². The van der Waals surface area contributed by atoms with E-state index >= 15 is 0 Å². The van der Waals surface area contributed by atoms with Crippen LogP contribution in [0.2, 0.25) is 0 Å². The van der Waals surface area contributed by atoms with Crippen LogP contribution >= 0.6 is 0 Å². The summed E-state index contributed by atoms with van der Waals surface area (Å²) < 4.78 is 18.4. The van der Waals surface area contributed by atoms with E-state index in [0.29, 0.717) is 5.75 Å². The molecule has 0 amide bonds. The number of ether oxygens (including phenoxy) is 1. The largest absolute Gasteiger partial charge is 0.479 e. The molecule has 0 aliphatic carbocycles. The van der Waals surface area contributed by atoms with Gasteiger partial charge < -0.3 is 4.74 Å². The minimum atomic E-state index is -0.265. The van der Waals surface area contributed by atoms with Gasteiger partial charge in [-0.15, -0.1) is 0 Å². The molecule has 3 aromatic rings. The van der Waals surface area contributed by atoms with Gasteiger partial charge in [-0.2, -0.15) is 0 Å². The van der Waals surface area contributed by atoms with Crippen molar-refractivity contribution in [2.45, 2.75) is 0 Å². The van der Waals surface area contributed by atoms with Crippen molar-refractivity contribution in [1.29, 1.82) is 0 Å². The molecule has 0 bridgehead atoms. The van der Waals surface area contributed by atoms with Gasteiger partial charge in [0.05, 0.1) is 0 Å². The van der Waals surface area contributed by atoms with Crippen LogP contribution < -0.4 is 4.74 Å². The number of benzene rings is 2. The number of fused-ring (bicyclic) bond motifs is 1. The predicted molar refractivity (Wildman–Crippen MR) is 80.5 cm³/mol. The molecule has 0 radical (unpaired) electrons. The minimum absolute atomic E-state index is 0.257. The summed E-state index contributed by atoms with van der Waals surface area (Å²) in [5.41, 5.74) is 1.58. The zero-order valence-corrected chi connectivity index (χ0v) is 11.2. The van der Waals surface area contributed by atoms with Gasteiger partial charge in [-0.1, -0.05) is 30.0 Å². The molecule has 0 saturated heterocycles. The van der Waals surface area contributed by atoms with Crippen LogP contribution in [0, 0.1) is 17.7 Å². The highest BCUT2D eigenvalue weighted by molar-refractivity contribution is 5.84. The summed E-state index contributed by atoms with van der Waals surface area (Å²) in [5, 5.41) is 1.03. The second-order valence-electron chi connectivity index (χ2n) is 4.43. The number of halogens is 1. The predicted octanol–water partition coefficient (Wildman–Crippen LogP) is 3.80. The molecule has 0 aliphatic heterocycles. The van der Waals surface area contributed by atoms with Gasteiger partial charge >= 0.3 is 0 Å². The zero-order chi connectivity index (χ0) is 14.5. The lowest BCUT2D eigenvalue weighted by Gasteiger charge is -2.05. The van der Waals surface area contributed by atoms with E-state index in [1.807, 2.05) is 30.3 Å². The summed E-state index contributed by atoms with van der Waals surface area (Å²) in [6.45, 7) is 0.257. The Labute approximate surface area is 122 Å². The fraction of sp³-hybridized carbons (Fsp3) is 0.0556. The number of hydrogen-bond acceptors (Lipinski definition) is 2. The first-order chi connectivity index (χ1) is 10.3. The highest BCUT2D eigenvalue weighted by Crippen LogP contribution is 2.22. The van der Waals surface area contributed by atoms with Crippen molar-refractivity contribution < 1.29 is 9.13 Å². The third-order valence-corrected chi connectivity index (χ3v) is 2.97. The standard InChI is InChI=1S/C18H12FNO/c19-16-10-8-14(9-11-16)4-3-13-21-17-7-1-5-15-6-2-12-20-18(15)17/h1-2,5-12H,13H2. The Kier molecular flexibility index (Phi) is 3.79. The highest BCUT2D eigenvalue weighted by atomic mass is 19.1. The van der Waals surface area contributed by atoms with Gasteiger partial charge in [-0.05, 0) is 36.4 Å². The molecule has 1 aromatic heterocycles. The molecule has 3 heteroatoms. The van der Waals surface area contributed by atoms with E-state index in [-0.39, 0.29) is 12.4 Å². The molecular formula is C18H12FNO. The van der Waals surface area contributed by atoms with E-state index in [2.05, 4.69) is 16.8 Å². The SMILES string of the molecule is Fc1ccc(C#CCOc2cccc3cccnc23)cc1. The van der Waals surface area contributed by atoms with E-state index in [1.165, 1.54) is 12.1 Å². The lowest BCUT2D eigenvalue weighted by Crippen LogP contribution is -1.95. The van der Waals surface area contributed by atoms with E-state index in [1.54, 1.807) is 18.3 Å². The molecule has 102 valence electrons. The summed E-state index contributed by atoms with van der Waals surface area (Å²) in [6, 6.07) is 15.7. The minimum Gasteiger partial charge on any atom is -0.479 e. The third kappa shape index (κ3) is 3.18. The third-order valence-electron chi connectivity index (χ3n) is 2.97. The van der Waals surface area contributed by atoms with Crippen LogP contribution in [0.1, 0.15) is 5.56 Å². The monoisotopic (exact) mass is 277 g/mol. The Hall–Kier alpha value is -2.86. The second-order valence-corrected chi connectivity index (χ2v) is 4.43. The number of rotatable bonds is 2. The molecule has 0 saturated carbocycles. The maximum atomic E-state index is 12.8. The quantitative estimate of drug-likeness (QED) is 0.665. The zero-order valence-electron chi connectivity index (χ0n) is 11.2. The molecule has 1 heterocycles. The number of hydrogen-bond donors (Lipinski definition) is 0. The van der Waals surface area contributed by atoms with Gasteiger partial charge in [0, 0.05) is 17.1 Å². The van der Waals surface area contributed by atoms with Crippen molar-refractivity contribution in [2.75, 3.05) is 6.61 Å². The Bertz CT molecular complexity index is 810. The Morgan fingerprint density at radius 1 is 1.00 bits per heavy atom. The lowest BCUT2D eigenvalue weighted by atomic mass is 10.2. The smallest absolute Gasteiger partial charge is 0.149 e. The highest BCUT2D eigenvalue weighted by Gasteiger charge is 2.01. The summed E-state index contributed by atoms with van der Waals surface area (Å²) in [5.74, 6) is 6.28. The van der Waals surface area contributed by atoms with Crippen molar-refractivity contribution in [3.63, 3.8) is 0 Å². The molecule has 0 N–H and O–H groups in total. The van der Waals surface area contributed by atoms with Crippen LogP contribution in [0.4, 0.5) is 4.39 Å². The number of para-hydroxylation sites is 1.